The molecule has 0 aromatic rings. The number of carbonyl (C=O) groups is 1. The van der Waals surface area contributed by atoms with Crippen molar-refractivity contribution < 1.29 is 30.0 Å². The van der Waals surface area contributed by atoms with Crippen LogP contribution in [-0.4, -0.2) is 63.6 Å². The highest BCUT2D eigenvalue weighted by molar-refractivity contribution is 5.76. The molecule has 0 aromatic heterocycles. The molecule has 1 heterocycles. The van der Waals surface area contributed by atoms with Crippen molar-refractivity contribution in [3.05, 3.63) is 12.2 Å². The highest BCUT2D eigenvalue weighted by Crippen LogP contribution is 2.20. The molecule has 5 N–H and O–H groups in total. The molecule has 7 heteroatoms. The quantitative estimate of drug-likeness (QED) is 0.241. The predicted octanol–water partition coefficient (Wildman–Crippen LogP) is 1.38. The normalized spacial score (nSPS) is 28.6. The van der Waals surface area contributed by atoms with Crippen LogP contribution in [0.4, 0.5) is 0 Å². The first kappa shape index (κ1) is 24.0. The Morgan fingerprint density at radius 1 is 0.963 bits per heavy atom. The fraction of sp³-hybridized carbons (Fsp3) is 0.850. The third kappa shape index (κ3) is 9.17. The van der Waals surface area contributed by atoms with Gasteiger partial charge in [-0.2, -0.15) is 0 Å². The van der Waals surface area contributed by atoms with Gasteiger partial charge in [0.05, 0.1) is 6.61 Å². The zero-order chi connectivity index (χ0) is 20.1. The monoisotopic (exact) mass is 387 g/mol. The molecule has 5 atom stereocenters. The molecular weight excluding hydrogens is 350 g/mol. The molecule has 0 aliphatic carbocycles. The molecule has 1 unspecified atom stereocenters. The Morgan fingerprint density at radius 2 is 1.59 bits per heavy atom. The third-order valence-corrected chi connectivity index (χ3v) is 4.89. The Kier molecular flexibility index (Phi) is 12.5. The number of ether oxygens (including phenoxy) is 1. The van der Waals surface area contributed by atoms with Crippen molar-refractivity contribution >= 4 is 5.91 Å². The summed E-state index contributed by atoms with van der Waals surface area (Å²) in [5.41, 5.74) is 0. The van der Waals surface area contributed by atoms with Crippen molar-refractivity contribution in [1.82, 2.24) is 5.32 Å². The summed E-state index contributed by atoms with van der Waals surface area (Å²) in [6.45, 7) is 1.67. The van der Waals surface area contributed by atoms with E-state index in [-0.39, 0.29) is 5.91 Å². The second-order valence-electron chi connectivity index (χ2n) is 7.24. The smallest absolute Gasteiger partial charge is 0.220 e. The minimum Gasteiger partial charge on any atom is -0.394 e. The van der Waals surface area contributed by atoms with E-state index in [0.717, 1.165) is 38.5 Å². The summed E-state index contributed by atoms with van der Waals surface area (Å²) in [6.07, 6.45) is 9.35. The van der Waals surface area contributed by atoms with E-state index in [4.69, 9.17) is 9.84 Å². The number of aliphatic hydroxyl groups is 4. The van der Waals surface area contributed by atoms with Crippen LogP contribution >= 0.6 is 0 Å². The molecule has 7 nitrogen and oxygen atoms in total. The molecule has 0 saturated carbocycles. The van der Waals surface area contributed by atoms with Crippen LogP contribution in [0.2, 0.25) is 0 Å². The molecule has 1 saturated heterocycles. The molecule has 0 aromatic carbocycles. The van der Waals surface area contributed by atoms with Gasteiger partial charge in [0.25, 0.3) is 0 Å². The van der Waals surface area contributed by atoms with E-state index in [1.165, 1.54) is 19.3 Å². The van der Waals surface area contributed by atoms with Crippen LogP contribution < -0.4 is 5.32 Å². The Morgan fingerprint density at radius 3 is 2.26 bits per heavy atom. The zero-order valence-electron chi connectivity index (χ0n) is 16.4. The number of amides is 1. The number of nitrogens with one attached hydrogen (secondary N) is 1. The lowest BCUT2D eigenvalue weighted by Gasteiger charge is -2.40. The molecule has 1 aliphatic heterocycles. The van der Waals surface area contributed by atoms with Crippen LogP contribution in [0.25, 0.3) is 0 Å². The summed E-state index contributed by atoms with van der Waals surface area (Å²) in [5, 5.41) is 41.2. The number of allylic oxidation sites excluding steroid dienone is 2. The fourth-order valence-electron chi connectivity index (χ4n) is 3.15. The zero-order valence-corrected chi connectivity index (χ0v) is 16.4. The minimum atomic E-state index is -1.46. The number of rotatable bonds is 13. The van der Waals surface area contributed by atoms with Crippen molar-refractivity contribution in [2.75, 3.05) is 6.61 Å². The summed E-state index contributed by atoms with van der Waals surface area (Å²) >= 11 is 0. The van der Waals surface area contributed by atoms with Gasteiger partial charge in [-0.15, -0.1) is 0 Å². The molecule has 1 fully saturated rings. The molecule has 1 aliphatic rings. The van der Waals surface area contributed by atoms with Crippen molar-refractivity contribution in [3.8, 4) is 0 Å². The maximum absolute atomic E-state index is 12.0. The maximum atomic E-state index is 12.0. The summed E-state index contributed by atoms with van der Waals surface area (Å²) in [5.74, 6) is -0.296. The summed E-state index contributed by atoms with van der Waals surface area (Å²) in [4.78, 5) is 12.0. The minimum absolute atomic E-state index is 0.296. The standard InChI is InChI=1S/C20H37NO6/c1-2-3-4-5-6-7-8-9-10-11-12-13-16(23)21-17-19(25)18(24)15(14-22)27-20(17)26/h5-6,15,17-20,22,24-26H,2-4,7-14H2,1H3,(H,21,23)/b6-5+/t15-,17-,18-,19-,20?/m1/s1. The van der Waals surface area contributed by atoms with E-state index in [2.05, 4.69) is 24.4 Å². The highest BCUT2D eigenvalue weighted by Gasteiger charge is 2.44. The van der Waals surface area contributed by atoms with Gasteiger partial charge in [-0.25, -0.2) is 0 Å². The lowest BCUT2D eigenvalue weighted by Crippen LogP contribution is -2.64. The lowest BCUT2D eigenvalue weighted by molar-refractivity contribution is -0.253. The van der Waals surface area contributed by atoms with Crippen LogP contribution in [-0.2, 0) is 9.53 Å². The van der Waals surface area contributed by atoms with Crippen molar-refractivity contribution in [3.63, 3.8) is 0 Å². The van der Waals surface area contributed by atoms with E-state index < -0.39 is 37.3 Å². The third-order valence-electron chi connectivity index (χ3n) is 4.89. The van der Waals surface area contributed by atoms with Gasteiger partial charge in [0.1, 0.15) is 24.4 Å². The van der Waals surface area contributed by atoms with Crippen molar-refractivity contribution in [1.29, 1.82) is 0 Å². The number of unbranched alkanes of at least 4 members (excludes halogenated alkanes) is 7. The summed E-state index contributed by atoms with van der Waals surface area (Å²) in [7, 11) is 0. The van der Waals surface area contributed by atoms with Crippen LogP contribution in [0.5, 0.6) is 0 Å². The molecule has 1 amide bonds. The van der Waals surface area contributed by atoms with Gasteiger partial charge in [0.2, 0.25) is 5.91 Å². The summed E-state index contributed by atoms with van der Waals surface area (Å²) in [6, 6.07) is -1.10. The number of hydrogen-bond acceptors (Lipinski definition) is 6. The SMILES string of the molecule is CCCC/C=C/CCCCCCCC(=O)N[C@H]1C(O)O[C@H](CO)[C@@H](O)[C@@H]1O. The Balaban J connectivity index is 2.11. The first-order valence-corrected chi connectivity index (χ1v) is 10.3. The second-order valence-corrected chi connectivity index (χ2v) is 7.24. The van der Waals surface area contributed by atoms with Gasteiger partial charge >= 0.3 is 0 Å². The Hall–Kier alpha value is -0.990. The van der Waals surface area contributed by atoms with Gasteiger partial charge in [0, 0.05) is 6.42 Å². The van der Waals surface area contributed by atoms with E-state index in [1.807, 2.05) is 0 Å². The van der Waals surface area contributed by atoms with E-state index in [0.29, 0.717) is 6.42 Å². The molecule has 27 heavy (non-hydrogen) atoms. The Labute approximate surface area is 162 Å². The van der Waals surface area contributed by atoms with Gasteiger partial charge < -0.3 is 30.5 Å². The van der Waals surface area contributed by atoms with Crippen molar-refractivity contribution in [2.45, 2.75) is 102 Å². The first-order valence-electron chi connectivity index (χ1n) is 10.3. The predicted molar refractivity (Wildman–Crippen MR) is 103 cm³/mol. The van der Waals surface area contributed by atoms with Gasteiger partial charge in [-0.1, -0.05) is 51.2 Å². The Bertz CT molecular complexity index is 431. The van der Waals surface area contributed by atoms with E-state index >= 15 is 0 Å². The molecule has 1 rings (SSSR count). The van der Waals surface area contributed by atoms with Crippen LogP contribution in [0.3, 0.4) is 0 Å². The first-order chi connectivity index (χ1) is 13.0. The highest BCUT2D eigenvalue weighted by atomic mass is 16.6. The average Bonchev–Trinajstić information content (AvgIpc) is 2.66. The largest absolute Gasteiger partial charge is 0.394 e. The molecule has 0 radical (unpaired) electrons. The number of carbonyl (C=O) groups excluding carboxylic acids is 1. The lowest BCUT2D eigenvalue weighted by atomic mass is 9.97. The number of hydrogen-bond donors (Lipinski definition) is 5. The van der Waals surface area contributed by atoms with Crippen molar-refractivity contribution in [2.24, 2.45) is 0 Å². The van der Waals surface area contributed by atoms with Gasteiger partial charge in [-0.3, -0.25) is 4.79 Å². The molecular formula is C20H37NO6. The van der Waals surface area contributed by atoms with Crippen LogP contribution in [0.1, 0.15) is 71.1 Å². The van der Waals surface area contributed by atoms with Crippen LogP contribution in [0, 0.1) is 0 Å². The number of aliphatic hydroxyl groups excluding tert-OH is 4. The van der Waals surface area contributed by atoms with E-state index in [1.54, 1.807) is 0 Å². The molecule has 158 valence electrons. The average molecular weight is 388 g/mol. The van der Waals surface area contributed by atoms with Gasteiger partial charge in [0.15, 0.2) is 6.29 Å². The maximum Gasteiger partial charge on any atom is 0.220 e. The van der Waals surface area contributed by atoms with Gasteiger partial charge in [-0.05, 0) is 25.7 Å². The fourth-order valence-corrected chi connectivity index (χ4v) is 3.15. The molecule has 0 spiro atoms. The summed E-state index contributed by atoms with van der Waals surface area (Å²) < 4.78 is 5.02. The van der Waals surface area contributed by atoms with Crippen LogP contribution in [0.15, 0.2) is 12.2 Å². The molecule has 0 bridgehead atoms. The van der Waals surface area contributed by atoms with E-state index in [9.17, 15) is 20.1 Å². The topological polar surface area (TPSA) is 119 Å². The second kappa shape index (κ2) is 14.1.